The van der Waals surface area contributed by atoms with E-state index in [-0.39, 0.29) is 24.3 Å². The zero-order valence-corrected chi connectivity index (χ0v) is 11.3. The van der Waals surface area contributed by atoms with Gasteiger partial charge in [0.15, 0.2) is 0 Å². The molecule has 1 aliphatic heterocycles. The first-order valence-corrected chi connectivity index (χ1v) is 6.44. The van der Waals surface area contributed by atoms with Gasteiger partial charge in [-0.05, 0) is 18.8 Å². The van der Waals surface area contributed by atoms with E-state index in [1.165, 1.54) is 6.92 Å². The molecule has 3 heteroatoms. The summed E-state index contributed by atoms with van der Waals surface area (Å²) in [5.41, 5.74) is 0. The third-order valence-electron chi connectivity index (χ3n) is 3.75. The molecular weight excluding hydrogens is 216 g/mol. The zero-order valence-electron chi connectivity index (χ0n) is 11.3. The molecule has 1 saturated heterocycles. The number of carbonyl (C=O) groups is 1. The van der Waals surface area contributed by atoms with E-state index in [1.807, 2.05) is 6.08 Å². The smallest absolute Gasteiger partial charge is 0.303 e. The second kappa shape index (κ2) is 6.20. The van der Waals surface area contributed by atoms with Crippen LogP contribution in [0.4, 0.5) is 0 Å². The summed E-state index contributed by atoms with van der Waals surface area (Å²) in [4.78, 5) is 11.2. The maximum absolute atomic E-state index is 11.2. The molecule has 0 amide bonds. The van der Waals surface area contributed by atoms with Crippen LogP contribution in [-0.2, 0) is 14.3 Å². The van der Waals surface area contributed by atoms with Crippen LogP contribution in [-0.4, -0.2) is 24.3 Å². The van der Waals surface area contributed by atoms with Crippen LogP contribution in [0.1, 0.15) is 40.5 Å². The van der Waals surface area contributed by atoms with Crippen molar-refractivity contribution < 1.29 is 14.3 Å². The molecule has 0 saturated carbocycles. The van der Waals surface area contributed by atoms with Gasteiger partial charge in [-0.1, -0.05) is 26.8 Å². The average molecular weight is 240 g/mol. The zero-order chi connectivity index (χ0) is 13.0. The molecule has 98 valence electrons. The largest absolute Gasteiger partial charge is 0.459 e. The van der Waals surface area contributed by atoms with Gasteiger partial charge < -0.3 is 9.47 Å². The highest BCUT2D eigenvalue weighted by atomic mass is 16.6. The summed E-state index contributed by atoms with van der Waals surface area (Å²) in [5, 5.41) is 0. The van der Waals surface area contributed by atoms with Gasteiger partial charge in [0.05, 0.1) is 12.2 Å². The molecule has 17 heavy (non-hydrogen) atoms. The van der Waals surface area contributed by atoms with Crippen molar-refractivity contribution in [2.75, 3.05) is 0 Å². The summed E-state index contributed by atoms with van der Waals surface area (Å²) in [6, 6.07) is 0. The maximum Gasteiger partial charge on any atom is 0.303 e. The molecule has 3 nitrogen and oxygen atoms in total. The van der Waals surface area contributed by atoms with Crippen molar-refractivity contribution >= 4 is 5.97 Å². The number of rotatable bonds is 4. The first-order valence-electron chi connectivity index (χ1n) is 6.44. The highest BCUT2D eigenvalue weighted by Crippen LogP contribution is 2.35. The van der Waals surface area contributed by atoms with Gasteiger partial charge in [0.2, 0.25) is 0 Å². The van der Waals surface area contributed by atoms with E-state index in [4.69, 9.17) is 9.47 Å². The van der Waals surface area contributed by atoms with E-state index < -0.39 is 0 Å². The molecule has 0 aliphatic carbocycles. The normalized spacial score (nSPS) is 37.5. The molecule has 0 N–H and O–H groups in total. The van der Waals surface area contributed by atoms with Crippen molar-refractivity contribution in [2.45, 2.75) is 58.8 Å². The highest BCUT2D eigenvalue weighted by Gasteiger charge is 2.41. The van der Waals surface area contributed by atoms with Crippen LogP contribution >= 0.6 is 0 Å². The van der Waals surface area contributed by atoms with Gasteiger partial charge in [-0.25, -0.2) is 0 Å². The summed E-state index contributed by atoms with van der Waals surface area (Å²) in [6.07, 6.45) is 3.60. The monoisotopic (exact) mass is 240 g/mol. The molecule has 1 heterocycles. The fraction of sp³-hybridized carbons (Fsp3) is 0.786. The molecule has 0 aromatic carbocycles. The fourth-order valence-corrected chi connectivity index (χ4v) is 2.60. The molecule has 0 radical (unpaired) electrons. The van der Waals surface area contributed by atoms with Gasteiger partial charge in [-0.3, -0.25) is 4.79 Å². The summed E-state index contributed by atoms with van der Waals surface area (Å²) in [7, 11) is 0. The Balaban J connectivity index is 2.82. The summed E-state index contributed by atoms with van der Waals surface area (Å²) >= 11 is 0. The second-order valence-corrected chi connectivity index (χ2v) is 4.94. The van der Waals surface area contributed by atoms with Crippen molar-refractivity contribution in [3.63, 3.8) is 0 Å². The third-order valence-corrected chi connectivity index (χ3v) is 3.75. The second-order valence-electron chi connectivity index (χ2n) is 4.94. The lowest BCUT2D eigenvalue weighted by Gasteiger charge is -2.44. The Kier molecular flexibility index (Phi) is 5.19. The topological polar surface area (TPSA) is 35.5 Å². The number of ether oxygens (including phenoxy) is 2. The SMILES string of the molecule is C=CCC1O[C@H](CC)[C@@H](C)[C@H](C)[C@@H]1OC(C)=O. The molecule has 1 fully saturated rings. The van der Waals surface area contributed by atoms with Crippen molar-refractivity contribution in [3.8, 4) is 0 Å². The van der Waals surface area contributed by atoms with Gasteiger partial charge in [0, 0.05) is 12.8 Å². The molecule has 1 rings (SSSR count). The Bertz CT molecular complexity index is 275. The molecule has 5 atom stereocenters. The van der Waals surface area contributed by atoms with E-state index in [9.17, 15) is 4.79 Å². The lowest BCUT2D eigenvalue weighted by atomic mass is 9.79. The fourth-order valence-electron chi connectivity index (χ4n) is 2.60. The van der Waals surface area contributed by atoms with Crippen LogP contribution in [0, 0.1) is 11.8 Å². The minimum Gasteiger partial charge on any atom is -0.459 e. The lowest BCUT2D eigenvalue weighted by molar-refractivity contribution is -0.193. The van der Waals surface area contributed by atoms with Crippen molar-refractivity contribution in [3.05, 3.63) is 12.7 Å². The Hall–Kier alpha value is -0.830. The van der Waals surface area contributed by atoms with E-state index in [1.54, 1.807) is 0 Å². The molecular formula is C14H24O3. The summed E-state index contributed by atoms with van der Waals surface area (Å²) in [6.45, 7) is 11.6. The maximum atomic E-state index is 11.2. The minimum absolute atomic E-state index is 0.0486. The Morgan fingerprint density at radius 2 is 2.00 bits per heavy atom. The molecule has 0 bridgehead atoms. The van der Waals surface area contributed by atoms with Gasteiger partial charge in [0.1, 0.15) is 6.10 Å². The lowest BCUT2D eigenvalue weighted by Crippen LogP contribution is -2.50. The van der Waals surface area contributed by atoms with Gasteiger partial charge in [0.25, 0.3) is 0 Å². The van der Waals surface area contributed by atoms with Crippen molar-refractivity contribution in [1.29, 1.82) is 0 Å². The Morgan fingerprint density at radius 3 is 2.47 bits per heavy atom. The Morgan fingerprint density at radius 1 is 1.35 bits per heavy atom. The highest BCUT2D eigenvalue weighted by molar-refractivity contribution is 5.66. The van der Waals surface area contributed by atoms with Gasteiger partial charge >= 0.3 is 5.97 Å². The number of hydrogen-bond acceptors (Lipinski definition) is 3. The predicted molar refractivity (Wildman–Crippen MR) is 67.6 cm³/mol. The number of hydrogen-bond donors (Lipinski definition) is 0. The number of carbonyl (C=O) groups excluding carboxylic acids is 1. The quantitative estimate of drug-likeness (QED) is 0.560. The molecule has 1 unspecified atom stereocenters. The molecule has 0 spiro atoms. The van der Waals surface area contributed by atoms with Crippen LogP contribution in [0.2, 0.25) is 0 Å². The minimum atomic E-state index is -0.235. The van der Waals surface area contributed by atoms with E-state index in [0.717, 1.165) is 12.8 Å². The molecule has 1 aliphatic rings. The first-order chi connectivity index (χ1) is 8.01. The molecule has 0 aromatic rings. The first kappa shape index (κ1) is 14.2. The van der Waals surface area contributed by atoms with Crippen LogP contribution in [0.15, 0.2) is 12.7 Å². The van der Waals surface area contributed by atoms with Gasteiger partial charge in [-0.15, -0.1) is 6.58 Å². The van der Waals surface area contributed by atoms with Crippen molar-refractivity contribution in [2.24, 2.45) is 11.8 Å². The van der Waals surface area contributed by atoms with Crippen LogP contribution in [0.25, 0.3) is 0 Å². The average Bonchev–Trinajstić information content (AvgIpc) is 2.28. The third kappa shape index (κ3) is 3.32. The van der Waals surface area contributed by atoms with Crippen LogP contribution in [0.5, 0.6) is 0 Å². The number of esters is 1. The van der Waals surface area contributed by atoms with Crippen LogP contribution in [0.3, 0.4) is 0 Å². The van der Waals surface area contributed by atoms with E-state index in [0.29, 0.717) is 11.8 Å². The van der Waals surface area contributed by atoms with Crippen molar-refractivity contribution in [1.82, 2.24) is 0 Å². The Labute approximate surface area is 104 Å². The molecule has 0 aromatic heterocycles. The van der Waals surface area contributed by atoms with Gasteiger partial charge in [-0.2, -0.15) is 0 Å². The van der Waals surface area contributed by atoms with E-state index in [2.05, 4.69) is 27.4 Å². The van der Waals surface area contributed by atoms with E-state index >= 15 is 0 Å². The predicted octanol–water partition coefficient (Wildman–Crippen LogP) is 2.94. The summed E-state index contributed by atoms with van der Waals surface area (Å²) in [5.74, 6) is 0.495. The summed E-state index contributed by atoms with van der Waals surface area (Å²) < 4.78 is 11.4. The standard InChI is InChI=1S/C14H24O3/c1-6-8-13-14(16-11(5)15)10(4)9(3)12(7-2)17-13/h6,9-10,12-14H,1,7-8H2,2-5H3/t9-,10-,12+,13?,14-/m0/s1. The van der Waals surface area contributed by atoms with Crippen LogP contribution < -0.4 is 0 Å².